The monoisotopic (exact) mass is 872 g/mol. The first kappa shape index (κ1) is 48.6. The molecule has 0 aromatic heterocycles. The molecule has 1 fully saturated rings. The van der Waals surface area contributed by atoms with Crippen LogP contribution in [0.4, 0.5) is 0 Å². The van der Waals surface area contributed by atoms with Gasteiger partial charge in [-0.2, -0.15) is 0 Å². The molecule has 3 aromatic carbocycles. The van der Waals surface area contributed by atoms with Gasteiger partial charge in [-0.3, -0.25) is 34.0 Å². The molecule has 59 heavy (non-hydrogen) atoms. The Balaban J connectivity index is 1.51. The van der Waals surface area contributed by atoms with Gasteiger partial charge in [0.05, 0.1) is 32.3 Å². The summed E-state index contributed by atoms with van der Waals surface area (Å²) in [5, 5.41) is 38.4. The van der Waals surface area contributed by atoms with Crippen molar-refractivity contribution < 1.29 is 39.3 Å². The molecule has 4 rings (SSSR count). The minimum atomic E-state index is -0.947. The molecular formula is C44H63ClN4O8P2. The third-order valence-corrected chi connectivity index (χ3v) is 12.3. The summed E-state index contributed by atoms with van der Waals surface area (Å²) in [4.78, 5) is 42.9. The van der Waals surface area contributed by atoms with Gasteiger partial charge in [0.15, 0.2) is 0 Å². The lowest BCUT2D eigenvalue weighted by molar-refractivity contribution is -0.140. The molecule has 1 heterocycles. The van der Waals surface area contributed by atoms with Gasteiger partial charge in [-0.1, -0.05) is 88.6 Å². The van der Waals surface area contributed by atoms with Crippen molar-refractivity contribution in [3.05, 3.63) is 106 Å². The normalized spacial score (nSPS) is 17.7. The summed E-state index contributed by atoms with van der Waals surface area (Å²) in [6.07, 6.45) is 3.88. The molecule has 5 atom stereocenters. The van der Waals surface area contributed by atoms with E-state index in [2.05, 4.69) is 81.4 Å². The Bertz CT molecular complexity index is 1710. The number of aliphatic hydroxyl groups excluding tert-OH is 1. The lowest BCUT2D eigenvalue weighted by Gasteiger charge is -2.31. The molecule has 4 N–H and O–H groups in total. The molecule has 0 aliphatic carbocycles. The number of halogens is 1. The highest BCUT2D eigenvalue weighted by molar-refractivity contribution is 8.00. The third-order valence-electron chi connectivity index (χ3n) is 11.2. The number of alkyl halides is 1. The van der Waals surface area contributed by atoms with Crippen LogP contribution in [0.5, 0.6) is 0 Å². The van der Waals surface area contributed by atoms with E-state index >= 15 is 0 Å². The van der Waals surface area contributed by atoms with Crippen molar-refractivity contribution in [1.82, 2.24) is 19.6 Å². The lowest BCUT2D eigenvalue weighted by atomic mass is 9.80. The Labute approximate surface area is 358 Å². The Morgan fingerprint density at radius 2 is 1.05 bits per heavy atom. The molecule has 15 heteroatoms. The van der Waals surface area contributed by atoms with Crippen molar-refractivity contribution in [2.75, 3.05) is 72.0 Å². The molecule has 0 amide bonds. The van der Waals surface area contributed by atoms with Crippen LogP contribution in [0.1, 0.15) is 90.3 Å². The van der Waals surface area contributed by atoms with Crippen LogP contribution in [0.2, 0.25) is 0 Å². The fourth-order valence-electron chi connectivity index (χ4n) is 7.97. The molecule has 1 aliphatic rings. The highest BCUT2D eigenvalue weighted by Crippen LogP contribution is 2.42. The Morgan fingerprint density at radius 3 is 1.49 bits per heavy atom. The molecule has 324 valence electrons. The average molecular weight is 873 g/mol. The van der Waals surface area contributed by atoms with Crippen LogP contribution in [-0.4, -0.2) is 130 Å². The maximum absolute atomic E-state index is 11.8. The highest BCUT2D eigenvalue weighted by atomic mass is 35.5. The first-order chi connectivity index (χ1) is 28.5. The van der Waals surface area contributed by atoms with Gasteiger partial charge < -0.3 is 24.9 Å². The van der Waals surface area contributed by atoms with Crippen LogP contribution in [0.3, 0.4) is 0 Å². The topological polar surface area (TPSA) is 154 Å². The number of rotatable bonds is 20. The first-order valence-corrected chi connectivity index (χ1v) is 23.8. The van der Waals surface area contributed by atoms with E-state index in [1.54, 1.807) is 4.90 Å². The number of aliphatic hydroxyl groups is 1. The van der Waals surface area contributed by atoms with Gasteiger partial charge in [0.25, 0.3) is 0 Å². The summed E-state index contributed by atoms with van der Waals surface area (Å²) < 4.78 is 6.36. The van der Waals surface area contributed by atoms with Crippen LogP contribution >= 0.6 is 29.0 Å². The van der Waals surface area contributed by atoms with Crippen molar-refractivity contribution in [3.8, 4) is 0 Å². The highest BCUT2D eigenvalue weighted by Gasteiger charge is 2.25. The van der Waals surface area contributed by atoms with Gasteiger partial charge in [0.1, 0.15) is 0 Å². The Kier molecular flexibility index (Phi) is 21.7. The van der Waals surface area contributed by atoms with Gasteiger partial charge in [-0.25, -0.2) is 0 Å². The number of carbonyl (C=O) groups is 3. The van der Waals surface area contributed by atoms with E-state index in [1.807, 2.05) is 21.9 Å². The zero-order valence-electron chi connectivity index (χ0n) is 34.3. The zero-order valence-corrected chi connectivity index (χ0v) is 37.2. The van der Waals surface area contributed by atoms with Crippen LogP contribution in [-0.2, 0) is 37.9 Å². The summed E-state index contributed by atoms with van der Waals surface area (Å²) >= 11 is 6.09. The average Bonchev–Trinajstić information content (AvgIpc) is 3.22. The van der Waals surface area contributed by atoms with E-state index in [4.69, 9.17) is 16.1 Å². The number of hydrogen-bond acceptors (Lipinski definition) is 9. The Hall–Kier alpha value is -3.02. The number of nitrogens with zero attached hydrogens (tertiary/aromatic N) is 4. The molecule has 1 saturated heterocycles. The summed E-state index contributed by atoms with van der Waals surface area (Å²) in [5.74, 6) is -1.82. The minimum Gasteiger partial charge on any atom is -0.480 e. The number of carboxylic acids is 3. The van der Waals surface area contributed by atoms with Crippen LogP contribution < -0.4 is 0 Å². The van der Waals surface area contributed by atoms with Crippen molar-refractivity contribution in [1.29, 1.82) is 0 Å². The molecule has 1 aliphatic heterocycles. The molecule has 12 nitrogen and oxygen atoms in total. The summed E-state index contributed by atoms with van der Waals surface area (Å²) in [6, 6.07) is 25.5. The van der Waals surface area contributed by atoms with Gasteiger partial charge >= 0.3 is 17.9 Å². The second-order valence-corrected chi connectivity index (χ2v) is 17.0. The molecule has 0 saturated carbocycles. The molecule has 3 aromatic rings. The van der Waals surface area contributed by atoms with E-state index in [-0.39, 0.29) is 52.7 Å². The van der Waals surface area contributed by atoms with Crippen molar-refractivity contribution >= 4 is 46.9 Å². The van der Waals surface area contributed by atoms with E-state index in [0.717, 1.165) is 41.5 Å². The summed E-state index contributed by atoms with van der Waals surface area (Å²) in [6.45, 7) is 6.79. The van der Waals surface area contributed by atoms with E-state index in [0.29, 0.717) is 77.6 Å². The van der Waals surface area contributed by atoms with Crippen LogP contribution in [0.25, 0.3) is 0 Å². The second kappa shape index (κ2) is 26.3. The smallest absolute Gasteiger partial charge is 0.317 e. The van der Waals surface area contributed by atoms with Crippen molar-refractivity contribution in [2.45, 2.75) is 76.0 Å². The number of hydrogen-bond donors (Lipinski definition) is 4. The fraction of sp³-hybridized carbons (Fsp3) is 0.523. The summed E-state index contributed by atoms with van der Waals surface area (Å²) in [7, 11) is 2.97. The quantitative estimate of drug-likeness (QED) is 0.0692. The largest absolute Gasteiger partial charge is 0.480 e. The van der Waals surface area contributed by atoms with E-state index < -0.39 is 17.9 Å². The summed E-state index contributed by atoms with van der Waals surface area (Å²) in [5.41, 5.74) is 6.70. The lowest BCUT2D eigenvalue weighted by Crippen LogP contribution is -2.44. The standard InChI is InChI=1S/C44H63ClN4O8P2/c1-2-36(25-40(38-13-9-35(32-50)10-14-38)26-41(57-59-58)39-15-5-33(27-45)6-16-39)37-11-7-34(8-12-37)28-46-17-3-18-48(30-43(53)54)23-24-49(31-44(55)56)20-4-19-47(22-21-46)29-42(51)52/h5-16,36,40-41,50,59H,2-4,17-32,58H2,1H3,(H,51,52)(H,53,54)(H,55,56). The van der Waals surface area contributed by atoms with Gasteiger partial charge in [0, 0.05) is 66.7 Å². The molecular weight excluding hydrogens is 810 g/mol. The van der Waals surface area contributed by atoms with Crippen molar-refractivity contribution in [2.24, 2.45) is 0 Å². The second-order valence-electron chi connectivity index (χ2n) is 15.5. The van der Waals surface area contributed by atoms with E-state index in [9.17, 15) is 34.8 Å². The molecule has 0 bridgehead atoms. The minimum absolute atomic E-state index is 0.00204. The fourth-order valence-corrected chi connectivity index (χ4v) is 9.04. The maximum Gasteiger partial charge on any atom is 0.317 e. The number of aliphatic carboxylic acids is 3. The molecule has 0 radical (unpaired) electrons. The van der Waals surface area contributed by atoms with Crippen LogP contribution in [0, 0.1) is 0 Å². The van der Waals surface area contributed by atoms with Gasteiger partial charge in [-0.05, 0) is 83.9 Å². The van der Waals surface area contributed by atoms with Crippen molar-refractivity contribution in [3.63, 3.8) is 0 Å². The molecule has 5 unspecified atom stereocenters. The SMILES string of the molecule is CCC(CC(CC(OPP)c1ccc(CCl)cc1)c1ccc(CO)cc1)c1ccc(CN2CCCN(CC(=O)O)CCN(CC(=O)O)CCCN(CC(=O)O)CC2)cc1. The maximum atomic E-state index is 11.8. The predicted octanol–water partition coefficient (Wildman–Crippen LogP) is 6.87. The number of benzene rings is 3. The third kappa shape index (κ3) is 17.5. The predicted molar refractivity (Wildman–Crippen MR) is 238 cm³/mol. The van der Waals surface area contributed by atoms with Gasteiger partial charge in [0.2, 0.25) is 0 Å². The first-order valence-electron chi connectivity index (χ1n) is 20.6. The van der Waals surface area contributed by atoms with Gasteiger partial charge in [-0.15, -0.1) is 11.6 Å². The Morgan fingerprint density at radius 1 is 0.627 bits per heavy atom. The molecule has 0 spiro atoms. The van der Waals surface area contributed by atoms with E-state index in [1.165, 1.54) is 11.1 Å². The van der Waals surface area contributed by atoms with Crippen LogP contribution in [0.15, 0.2) is 72.8 Å². The zero-order chi connectivity index (χ0) is 42.6. The number of carboxylic acid groups (broad SMARTS) is 3.